The molecule has 0 radical (unpaired) electrons. The summed E-state index contributed by atoms with van der Waals surface area (Å²) in [4.78, 5) is 32.8. The summed E-state index contributed by atoms with van der Waals surface area (Å²) < 4.78 is 11.0. The van der Waals surface area contributed by atoms with E-state index in [0.29, 0.717) is 19.6 Å². The number of thioether (sulfide) groups is 1. The average Bonchev–Trinajstić information content (AvgIpc) is 3.50. The molecule has 2 saturated heterocycles. The van der Waals surface area contributed by atoms with Gasteiger partial charge in [0.1, 0.15) is 16.9 Å². The van der Waals surface area contributed by atoms with Crippen molar-refractivity contribution >= 4 is 34.9 Å². The van der Waals surface area contributed by atoms with Crippen molar-refractivity contribution in [3.63, 3.8) is 0 Å². The van der Waals surface area contributed by atoms with Crippen molar-refractivity contribution in [1.82, 2.24) is 14.7 Å². The SMILES string of the molecule is CCC1SC(c2cc(OC)ccc2OC)N(CCN2CCN(C(=O)c3cccs3)CC2)C1=O. The number of hydrogen-bond donors (Lipinski definition) is 0. The van der Waals surface area contributed by atoms with Gasteiger partial charge in [0, 0.05) is 44.8 Å². The van der Waals surface area contributed by atoms with Crippen LogP contribution in [0.2, 0.25) is 0 Å². The summed E-state index contributed by atoms with van der Waals surface area (Å²) >= 11 is 3.18. The summed E-state index contributed by atoms with van der Waals surface area (Å²) in [6.45, 7) is 6.54. The minimum atomic E-state index is -0.103. The van der Waals surface area contributed by atoms with Crippen LogP contribution >= 0.6 is 23.1 Å². The molecular weight excluding hydrogens is 458 g/mol. The molecule has 0 saturated carbocycles. The normalized spacial score (nSPS) is 21.5. The van der Waals surface area contributed by atoms with E-state index in [1.54, 1.807) is 26.0 Å². The summed E-state index contributed by atoms with van der Waals surface area (Å²) in [6, 6.07) is 9.55. The molecule has 178 valence electrons. The third-order valence-electron chi connectivity index (χ3n) is 6.26. The van der Waals surface area contributed by atoms with Gasteiger partial charge < -0.3 is 19.3 Å². The Labute approximate surface area is 203 Å². The van der Waals surface area contributed by atoms with Crippen molar-refractivity contribution in [1.29, 1.82) is 0 Å². The van der Waals surface area contributed by atoms with E-state index in [1.807, 2.05) is 45.5 Å². The first-order valence-corrected chi connectivity index (χ1v) is 13.1. The molecule has 4 rings (SSSR count). The lowest BCUT2D eigenvalue weighted by Gasteiger charge is -2.36. The zero-order chi connectivity index (χ0) is 23.4. The van der Waals surface area contributed by atoms with Crippen LogP contribution < -0.4 is 9.47 Å². The van der Waals surface area contributed by atoms with Crippen LogP contribution in [0.5, 0.6) is 11.5 Å². The Morgan fingerprint density at radius 3 is 2.52 bits per heavy atom. The minimum Gasteiger partial charge on any atom is -0.497 e. The number of ether oxygens (including phenoxy) is 2. The van der Waals surface area contributed by atoms with Crippen molar-refractivity contribution in [2.24, 2.45) is 0 Å². The predicted molar refractivity (Wildman–Crippen MR) is 132 cm³/mol. The van der Waals surface area contributed by atoms with Crippen LogP contribution in [0.3, 0.4) is 0 Å². The number of thiophene rings is 1. The summed E-state index contributed by atoms with van der Waals surface area (Å²) in [6.07, 6.45) is 0.798. The lowest BCUT2D eigenvalue weighted by Crippen LogP contribution is -2.50. The van der Waals surface area contributed by atoms with Crippen LogP contribution in [0, 0.1) is 0 Å². The van der Waals surface area contributed by atoms with Crippen LogP contribution in [0.25, 0.3) is 0 Å². The van der Waals surface area contributed by atoms with Crippen molar-refractivity contribution < 1.29 is 19.1 Å². The molecule has 2 atom stereocenters. The fourth-order valence-corrected chi connectivity index (χ4v) is 6.47. The topological polar surface area (TPSA) is 62.3 Å². The van der Waals surface area contributed by atoms with E-state index < -0.39 is 0 Å². The van der Waals surface area contributed by atoms with Gasteiger partial charge in [0.25, 0.3) is 5.91 Å². The second-order valence-electron chi connectivity index (χ2n) is 8.14. The van der Waals surface area contributed by atoms with Gasteiger partial charge in [0.2, 0.25) is 5.91 Å². The molecule has 2 aliphatic rings. The highest BCUT2D eigenvalue weighted by Crippen LogP contribution is 2.47. The van der Waals surface area contributed by atoms with Gasteiger partial charge in [-0.1, -0.05) is 13.0 Å². The summed E-state index contributed by atoms with van der Waals surface area (Å²) in [5, 5.41) is 1.78. The fourth-order valence-electron chi connectivity index (χ4n) is 4.34. The van der Waals surface area contributed by atoms with Crippen molar-refractivity contribution in [3.05, 3.63) is 46.2 Å². The first-order valence-electron chi connectivity index (χ1n) is 11.3. The molecule has 0 spiro atoms. The number of hydrogen-bond acceptors (Lipinski definition) is 7. The van der Waals surface area contributed by atoms with E-state index in [2.05, 4.69) is 11.8 Å². The van der Waals surface area contributed by atoms with Crippen LogP contribution in [0.4, 0.5) is 0 Å². The molecule has 2 amide bonds. The smallest absolute Gasteiger partial charge is 0.264 e. The minimum absolute atomic E-state index is 0.0498. The largest absolute Gasteiger partial charge is 0.497 e. The molecule has 2 aromatic rings. The van der Waals surface area contributed by atoms with Gasteiger partial charge in [-0.15, -0.1) is 23.1 Å². The number of piperazine rings is 1. The molecule has 33 heavy (non-hydrogen) atoms. The predicted octanol–water partition coefficient (Wildman–Crippen LogP) is 3.58. The van der Waals surface area contributed by atoms with Gasteiger partial charge in [-0.25, -0.2) is 0 Å². The summed E-state index contributed by atoms with van der Waals surface area (Å²) in [5.74, 6) is 1.82. The maximum Gasteiger partial charge on any atom is 0.264 e. The molecule has 1 aromatic carbocycles. The molecule has 0 bridgehead atoms. The van der Waals surface area contributed by atoms with Gasteiger partial charge >= 0.3 is 0 Å². The van der Waals surface area contributed by atoms with E-state index in [0.717, 1.165) is 48.0 Å². The number of benzene rings is 1. The number of carbonyl (C=O) groups is 2. The molecule has 2 aliphatic heterocycles. The quantitative estimate of drug-likeness (QED) is 0.565. The summed E-state index contributed by atoms with van der Waals surface area (Å²) in [5.41, 5.74) is 0.970. The van der Waals surface area contributed by atoms with E-state index >= 15 is 0 Å². The van der Waals surface area contributed by atoms with Gasteiger partial charge in [0.15, 0.2) is 0 Å². The van der Waals surface area contributed by atoms with Gasteiger partial charge in [-0.05, 0) is 36.1 Å². The van der Waals surface area contributed by atoms with Crippen LogP contribution in [0.15, 0.2) is 35.7 Å². The first kappa shape index (κ1) is 23.9. The molecule has 2 unspecified atom stereocenters. The maximum atomic E-state index is 13.2. The Kier molecular flexibility index (Phi) is 7.82. The lowest BCUT2D eigenvalue weighted by molar-refractivity contribution is -0.130. The zero-order valence-corrected chi connectivity index (χ0v) is 21.0. The Bertz CT molecular complexity index is 961. The number of nitrogens with zero attached hydrogens (tertiary/aromatic N) is 3. The standard InChI is InChI=1S/C24H31N3O4S2/c1-4-20-23(29)27(24(33-20)18-16-17(30-2)7-8-19(18)31-3)14-11-25-9-12-26(13-10-25)22(28)21-6-5-15-32-21/h5-8,15-16,20,24H,4,9-14H2,1-3H3. The third-order valence-corrected chi connectivity index (χ3v) is 8.74. The van der Waals surface area contributed by atoms with Crippen LogP contribution in [0.1, 0.15) is 34.0 Å². The Hall–Kier alpha value is -2.23. The summed E-state index contributed by atoms with van der Waals surface area (Å²) in [7, 11) is 3.30. The average molecular weight is 490 g/mol. The first-order chi connectivity index (χ1) is 16.0. The Morgan fingerprint density at radius 2 is 1.88 bits per heavy atom. The second kappa shape index (κ2) is 10.8. The molecule has 1 aromatic heterocycles. The zero-order valence-electron chi connectivity index (χ0n) is 19.4. The van der Waals surface area contributed by atoms with E-state index in [4.69, 9.17) is 9.47 Å². The number of carbonyl (C=O) groups excluding carboxylic acids is 2. The fraction of sp³-hybridized carbons (Fsp3) is 0.500. The highest BCUT2D eigenvalue weighted by Gasteiger charge is 2.41. The molecular formula is C24H31N3O4S2. The van der Waals surface area contributed by atoms with E-state index in [1.165, 1.54) is 11.3 Å². The van der Waals surface area contributed by atoms with Crippen LogP contribution in [-0.2, 0) is 4.79 Å². The van der Waals surface area contributed by atoms with E-state index in [-0.39, 0.29) is 22.4 Å². The van der Waals surface area contributed by atoms with Crippen molar-refractivity contribution in [3.8, 4) is 11.5 Å². The number of amides is 2. The molecule has 3 heterocycles. The Balaban J connectivity index is 1.41. The van der Waals surface area contributed by atoms with Gasteiger partial charge in [0.05, 0.1) is 24.3 Å². The van der Waals surface area contributed by atoms with Crippen molar-refractivity contribution in [2.75, 3.05) is 53.5 Å². The third kappa shape index (κ3) is 5.15. The molecule has 0 N–H and O–H groups in total. The number of rotatable bonds is 8. The molecule has 9 heteroatoms. The second-order valence-corrected chi connectivity index (χ2v) is 10.4. The van der Waals surface area contributed by atoms with Gasteiger partial charge in [-0.3, -0.25) is 14.5 Å². The monoisotopic (exact) mass is 489 g/mol. The molecule has 2 fully saturated rings. The van der Waals surface area contributed by atoms with Crippen LogP contribution in [-0.4, -0.2) is 85.3 Å². The maximum absolute atomic E-state index is 13.2. The van der Waals surface area contributed by atoms with Gasteiger partial charge in [-0.2, -0.15) is 0 Å². The van der Waals surface area contributed by atoms with Crippen molar-refractivity contribution in [2.45, 2.75) is 24.0 Å². The Morgan fingerprint density at radius 1 is 1.09 bits per heavy atom. The molecule has 0 aliphatic carbocycles. The molecule has 7 nitrogen and oxygen atoms in total. The highest BCUT2D eigenvalue weighted by molar-refractivity contribution is 8.01. The number of methoxy groups -OCH3 is 2. The lowest BCUT2D eigenvalue weighted by atomic mass is 10.1. The highest BCUT2D eigenvalue weighted by atomic mass is 32.2. The van der Waals surface area contributed by atoms with E-state index in [9.17, 15) is 9.59 Å².